The van der Waals surface area contributed by atoms with Gasteiger partial charge in [-0.15, -0.1) is 0 Å². The smallest absolute Gasteiger partial charge is 0.244 e. The first-order chi connectivity index (χ1) is 9.22. The van der Waals surface area contributed by atoms with E-state index < -0.39 is 0 Å². The maximum absolute atomic E-state index is 11.7. The molecule has 4 nitrogen and oxygen atoms in total. The molecule has 0 aliphatic carbocycles. The van der Waals surface area contributed by atoms with Crippen LogP contribution in [0.3, 0.4) is 0 Å². The van der Waals surface area contributed by atoms with Crippen LogP contribution < -0.4 is 14.8 Å². The van der Waals surface area contributed by atoms with E-state index in [1.54, 1.807) is 12.2 Å². The van der Waals surface area contributed by atoms with Gasteiger partial charge in [-0.3, -0.25) is 4.79 Å². The van der Waals surface area contributed by atoms with E-state index in [0.29, 0.717) is 0 Å². The average molecular weight is 261 g/mol. The number of rotatable bonds is 5. The van der Waals surface area contributed by atoms with E-state index in [9.17, 15) is 4.79 Å². The lowest BCUT2D eigenvalue weighted by Crippen LogP contribution is -2.32. The highest BCUT2D eigenvalue weighted by molar-refractivity contribution is 5.92. The van der Waals surface area contributed by atoms with E-state index in [2.05, 4.69) is 19.2 Å². The van der Waals surface area contributed by atoms with Crippen LogP contribution >= 0.6 is 0 Å². The molecule has 0 atom stereocenters. The molecule has 0 radical (unpaired) electrons. The fourth-order valence-electron chi connectivity index (χ4n) is 1.93. The van der Waals surface area contributed by atoms with Crippen LogP contribution in [0.1, 0.15) is 32.3 Å². The quantitative estimate of drug-likeness (QED) is 0.829. The number of amides is 1. The van der Waals surface area contributed by atoms with E-state index in [-0.39, 0.29) is 18.7 Å². The molecule has 1 aromatic rings. The molecule has 2 rings (SSSR count). The molecule has 0 fully saturated rings. The fourth-order valence-corrected chi connectivity index (χ4v) is 1.93. The van der Waals surface area contributed by atoms with Gasteiger partial charge in [0.1, 0.15) is 0 Å². The van der Waals surface area contributed by atoms with Gasteiger partial charge in [0, 0.05) is 12.1 Å². The predicted octanol–water partition coefficient (Wildman–Crippen LogP) is 2.73. The van der Waals surface area contributed by atoms with Gasteiger partial charge in [0.05, 0.1) is 0 Å². The summed E-state index contributed by atoms with van der Waals surface area (Å²) in [7, 11) is 0. The molecule has 102 valence electrons. The van der Waals surface area contributed by atoms with Crippen molar-refractivity contribution in [2.45, 2.75) is 32.7 Å². The predicted molar refractivity (Wildman–Crippen MR) is 74.1 cm³/mol. The van der Waals surface area contributed by atoms with Crippen LogP contribution in [0.5, 0.6) is 11.5 Å². The highest BCUT2D eigenvalue weighted by Gasteiger charge is 2.12. The van der Waals surface area contributed by atoms with Gasteiger partial charge in [-0.1, -0.05) is 19.9 Å². The average Bonchev–Trinajstić information content (AvgIpc) is 2.89. The summed E-state index contributed by atoms with van der Waals surface area (Å²) >= 11 is 0. The Morgan fingerprint density at radius 1 is 1.32 bits per heavy atom. The summed E-state index contributed by atoms with van der Waals surface area (Å²) in [6.45, 7) is 4.39. The van der Waals surface area contributed by atoms with Crippen LogP contribution in [0, 0.1) is 0 Å². The van der Waals surface area contributed by atoms with Crippen LogP contribution in [0.25, 0.3) is 6.08 Å². The summed E-state index contributed by atoms with van der Waals surface area (Å²) < 4.78 is 10.5. The fraction of sp³-hybridized carbons (Fsp3) is 0.400. The van der Waals surface area contributed by atoms with Crippen molar-refractivity contribution in [3.05, 3.63) is 29.8 Å². The molecular formula is C15H19NO3. The number of hydrogen-bond acceptors (Lipinski definition) is 3. The number of nitrogens with one attached hydrogen (secondary N) is 1. The van der Waals surface area contributed by atoms with Crippen molar-refractivity contribution in [3.63, 3.8) is 0 Å². The summed E-state index contributed by atoms with van der Waals surface area (Å²) in [5.41, 5.74) is 0.920. The number of ether oxygens (including phenoxy) is 2. The molecule has 1 amide bonds. The lowest BCUT2D eigenvalue weighted by Gasteiger charge is -2.12. The van der Waals surface area contributed by atoms with Gasteiger partial charge in [0.15, 0.2) is 11.5 Å². The van der Waals surface area contributed by atoms with Crippen LogP contribution in [-0.2, 0) is 4.79 Å². The summed E-state index contributed by atoms with van der Waals surface area (Å²) in [6, 6.07) is 5.85. The monoisotopic (exact) mass is 261 g/mol. The lowest BCUT2D eigenvalue weighted by molar-refractivity contribution is -0.117. The third kappa shape index (κ3) is 3.50. The van der Waals surface area contributed by atoms with Crippen molar-refractivity contribution in [3.8, 4) is 11.5 Å². The Hall–Kier alpha value is -1.97. The minimum Gasteiger partial charge on any atom is -0.454 e. The standard InChI is InChI=1S/C15H19NO3/c1-3-12(4-2)16-15(17)8-6-11-5-7-13-14(9-11)19-10-18-13/h5-9,12H,3-4,10H2,1-2H3,(H,16,17)/b8-6+. The van der Waals surface area contributed by atoms with Crippen LogP contribution in [0.15, 0.2) is 24.3 Å². The minimum absolute atomic E-state index is 0.0635. The number of carbonyl (C=O) groups is 1. The summed E-state index contributed by atoms with van der Waals surface area (Å²) in [5, 5.41) is 2.96. The zero-order valence-corrected chi connectivity index (χ0v) is 11.3. The third-order valence-corrected chi connectivity index (χ3v) is 3.16. The Balaban J connectivity index is 1.96. The van der Waals surface area contributed by atoms with E-state index in [1.807, 2.05) is 18.2 Å². The highest BCUT2D eigenvalue weighted by atomic mass is 16.7. The summed E-state index contributed by atoms with van der Waals surface area (Å²) in [5.74, 6) is 1.41. The second-order valence-corrected chi connectivity index (χ2v) is 4.47. The van der Waals surface area contributed by atoms with Gasteiger partial charge in [-0.05, 0) is 36.6 Å². The zero-order valence-electron chi connectivity index (χ0n) is 11.3. The summed E-state index contributed by atoms with van der Waals surface area (Å²) in [4.78, 5) is 11.7. The maximum atomic E-state index is 11.7. The van der Waals surface area contributed by atoms with Crippen molar-refractivity contribution in [2.24, 2.45) is 0 Å². The normalized spacial score (nSPS) is 13.2. The molecule has 0 saturated carbocycles. The van der Waals surface area contributed by atoms with E-state index in [1.165, 1.54) is 0 Å². The van der Waals surface area contributed by atoms with Crippen LogP contribution in [-0.4, -0.2) is 18.7 Å². The first-order valence-corrected chi connectivity index (χ1v) is 6.61. The Morgan fingerprint density at radius 2 is 2.05 bits per heavy atom. The van der Waals surface area contributed by atoms with Crippen LogP contribution in [0.2, 0.25) is 0 Å². The lowest BCUT2D eigenvalue weighted by atomic mass is 10.1. The van der Waals surface area contributed by atoms with Crippen LogP contribution in [0.4, 0.5) is 0 Å². The van der Waals surface area contributed by atoms with Gasteiger partial charge < -0.3 is 14.8 Å². The second-order valence-electron chi connectivity index (χ2n) is 4.47. The van der Waals surface area contributed by atoms with Crippen molar-refractivity contribution in [1.82, 2.24) is 5.32 Å². The number of carbonyl (C=O) groups excluding carboxylic acids is 1. The number of hydrogen-bond donors (Lipinski definition) is 1. The van der Waals surface area contributed by atoms with Gasteiger partial charge in [0.25, 0.3) is 0 Å². The zero-order chi connectivity index (χ0) is 13.7. The molecule has 19 heavy (non-hydrogen) atoms. The molecule has 0 unspecified atom stereocenters. The highest BCUT2D eigenvalue weighted by Crippen LogP contribution is 2.32. The molecule has 1 aliphatic heterocycles. The van der Waals surface area contributed by atoms with Crippen molar-refractivity contribution >= 4 is 12.0 Å². The van der Waals surface area contributed by atoms with E-state index >= 15 is 0 Å². The Kier molecular flexibility index (Phi) is 4.44. The van der Waals surface area contributed by atoms with Crippen molar-refractivity contribution in [1.29, 1.82) is 0 Å². The molecule has 0 bridgehead atoms. The molecule has 1 heterocycles. The van der Waals surface area contributed by atoms with Crippen molar-refractivity contribution in [2.75, 3.05) is 6.79 Å². The molecule has 1 aromatic carbocycles. The minimum atomic E-state index is -0.0635. The maximum Gasteiger partial charge on any atom is 0.244 e. The Morgan fingerprint density at radius 3 is 2.79 bits per heavy atom. The molecule has 1 aliphatic rings. The topological polar surface area (TPSA) is 47.6 Å². The molecule has 0 spiro atoms. The second kappa shape index (κ2) is 6.27. The van der Waals surface area contributed by atoms with E-state index in [4.69, 9.17) is 9.47 Å². The van der Waals surface area contributed by atoms with Gasteiger partial charge in [-0.25, -0.2) is 0 Å². The molecule has 1 N–H and O–H groups in total. The largest absolute Gasteiger partial charge is 0.454 e. The van der Waals surface area contributed by atoms with Gasteiger partial charge in [-0.2, -0.15) is 0 Å². The van der Waals surface area contributed by atoms with E-state index in [0.717, 1.165) is 29.9 Å². The number of benzene rings is 1. The Labute approximate surface area is 113 Å². The summed E-state index contributed by atoms with van der Waals surface area (Å²) in [6.07, 6.45) is 5.22. The molecular weight excluding hydrogens is 242 g/mol. The van der Waals surface area contributed by atoms with Gasteiger partial charge >= 0.3 is 0 Å². The molecule has 4 heteroatoms. The number of fused-ring (bicyclic) bond motifs is 1. The Bertz CT molecular complexity index is 478. The van der Waals surface area contributed by atoms with Gasteiger partial charge in [0.2, 0.25) is 12.7 Å². The molecule has 0 aromatic heterocycles. The first kappa shape index (κ1) is 13.5. The first-order valence-electron chi connectivity index (χ1n) is 6.61. The SMILES string of the molecule is CCC(CC)NC(=O)/C=C/c1ccc2c(c1)OCO2. The molecule has 0 saturated heterocycles. The van der Waals surface area contributed by atoms with Crippen molar-refractivity contribution < 1.29 is 14.3 Å². The third-order valence-electron chi connectivity index (χ3n) is 3.16.